The van der Waals surface area contributed by atoms with Crippen LogP contribution < -0.4 is 10.2 Å². The second kappa shape index (κ2) is 10.6. The topological polar surface area (TPSA) is 41.1 Å². The molecule has 0 bridgehead atoms. The van der Waals surface area contributed by atoms with Gasteiger partial charge in [0.2, 0.25) is 0 Å². The number of aromatic nitrogens is 2. The van der Waals surface area contributed by atoms with Gasteiger partial charge in [-0.2, -0.15) is 0 Å². The van der Waals surface area contributed by atoms with Crippen molar-refractivity contribution >= 4 is 5.82 Å². The Morgan fingerprint density at radius 2 is 1.65 bits per heavy atom. The maximum Gasteiger partial charge on any atom is 0.147 e. The molecule has 0 fully saturated rings. The summed E-state index contributed by atoms with van der Waals surface area (Å²) in [6, 6.07) is 0. The van der Waals surface area contributed by atoms with Gasteiger partial charge in [-0.3, -0.25) is 4.98 Å². The first-order valence-corrected chi connectivity index (χ1v) is 8.08. The van der Waals surface area contributed by atoms with Gasteiger partial charge in [-0.1, -0.05) is 33.6 Å². The highest BCUT2D eigenvalue weighted by Gasteiger charge is 2.07. The van der Waals surface area contributed by atoms with Gasteiger partial charge in [-0.25, -0.2) is 4.98 Å². The quantitative estimate of drug-likeness (QED) is 0.630. The number of hydrogen-bond acceptors (Lipinski definition) is 4. The molecule has 114 valence electrons. The van der Waals surface area contributed by atoms with Gasteiger partial charge < -0.3 is 10.2 Å². The third kappa shape index (κ3) is 6.33. The van der Waals surface area contributed by atoms with Crippen molar-refractivity contribution in [1.29, 1.82) is 0 Å². The van der Waals surface area contributed by atoms with Crippen LogP contribution in [-0.4, -0.2) is 29.6 Å². The number of hydrogen-bond donors (Lipinski definition) is 1. The zero-order valence-electron chi connectivity index (χ0n) is 13.4. The molecule has 0 unspecified atom stereocenters. The van der Waals surface area contributed by atoms with Crippen molar-refractivity contribution in [1.82, 2.24) is 15.3 Å². The van der Waals surface area contributed by atoms with Crippen LogP contribution in [0.15, 0.2) is 12.4 Å². The molecule has 1 N–H and O–H groups in total. The highest BCUT2D eigenvalue weighted by atomic mass is 15.2. The van der Waals surface area contributed by atoms with Crippen LogP contribution in [0.4, 0.5) is 5.82 Å². The van der Waals surface area contributed by atoms with Gasteiger partial charge in [0.15, 0.2) is 0 Å². The molecule has 0 amide bonds. The molecule has 0 saturated carbocycles. The van der Waals surface area contributed by atoms with E-state index in [0.29, 0.717) is 0 Å². The Labute approximate surface area is 124 Å². The van der Waals surface area contributed by atoms with E-state index in [2.05, 4.69) is 41.0 Å². The molecule has 0 atom stereocenters. The lowest BCUT2D eigenvalue weighted by molar-refractivity contribution is 0.654. The molecule has 20 heavy (non-hydrogen) atoms. The predicted molar refractivity (Wildman–Crippen MR) is 86.1 cm³/mol. The van der Waals surface area contributed by atoms with E-state index in [9.17, 15) is 0 Å². The van der Waals surface area contributed by atoms with Gasteiger partial charge in [0.1, 0.15) is 5.82 Å². The van der Waals surface area contributed by atoms with E-state index >= 15 is 0 Å². The van der Waals surface area contributed by atoms with Crippen LogP contribution >= 0.6 is 0 Å². The summed E-state index contributed by atoms with van der Waals surface area (Å²) in [5.74, 6) is 1.02. The first kappa shape index (κ1) is 16.9. The normalized spacial score (nSPS) is 10.8. The van der Waals surface area contributed by atoms with E-state index in [-0.39, 0.29) is 0 Å². The summed E-state index contributed by atoms with van der Waals surface area (Å²) in [5, 5.41) is 3.35. The molecular formula is C16H30N4. The first-order valence-electron chi connectivity index (χ1n) is 8.08. The van der Waals surface area contributed by atoms with E-state index < -0.39 is 0 Å². The fourth-order valence-electron chi connectivity index (χ4n) is 2.03. The molecule has 0 saturated heterocycles. The minimum atomic E-state index is 0.811. The third-order valence-electron chi connectivity index (χ3n) is 3.31. The molecule has 0 spiro atoms. The third-order valence-corrected chi connectivity index (χ3v) is 3.31. The standard InChI is InChI=1S/C16H30N4/c1-4-7-10-20(11-8-5-2)16-14-18-15(13-19-16)12-17-9-6-3/h13-14,17H,4-12H2,1-3H3. The Hall–Kier alpha value is -1.16. The van der Waals surface area contributed by atoms with E-state index in [1.165, 1.54) is 25.7 Å². The van der Waals surface area contributed by atoms with E-state index in [0.717, 1.165) is 44.1 Å². The zero-order valence-corrected chi connectivity index (χ0v) is 13.4. The number of nitrogens with zero attached hydrogens (tertiary/aromatic N) is 3. The summed E-state index contributed by atoms with van der Waals surface area (Å²) in [7, 11) is 0. The zero-order chi connectivity index (χ0) is 14.6. The summed E-state index contributed by atoms with van der Waals surface area (Å²) >= 11 is 0. The molecule has 4 heteroatoms. The van der Waals surface area contributed by atoms with Crippen LogP contribution in [0.2, 0.25) is 0 Å². The molecule has 0 aliphatic rings. The number of rotatable bonds is 11. The lowest BCUT2D eigenvalue weighted by atomic mass is 10.2. The number of unbranched alkanes of at least 4 members (excludes halogenated alkanes) is 2. The van der Waals surface area contributed by atoms with E-state index in [1.54, 1.807) is 0 Å². The molecule has 0 aliphatic heterocycles. The maximum absolute atomic E-state index is 4.59. The largest absolute Gasteiger partial charge is 0.355 e. The molecule has 1 rings (SSSR count). The Morgan fingerprint density at radius 1 is 0.950 bits per heavy atom. The Kier molecular flexibility index (Phi) is 8.96. The summed E-state index contributed by atoms with van der Waals surface area (Å²) < 4.78 is 0. The van der Waals surface area contributed by atoms with E-state index in [4.69, 9.17) is 0 Å². The second-order valence-electron chi connectivity index (χ2n) is 5.24. The van der Waals surface area contributed by atoms with Crippen molar-refractivity contribution in [3.8, 4) is 0 Å². The lowest BCUT2D eigenvalue weighted by Crippen LogP contribution is -2.27. The van der Waals surface area contributed by atoms with Crippen LogP contribution in [-0.2, 0) is 6.54 Å². The van der Waals surface area contributed by atoms with Gasteiger partial charge in [-0.15, -0.1) is 0 Å². The second-order valence-corrected chi connectivity index (χ2v) is 5.24. The maximum atomic E-state index is 4.59. The van der Waals surface area contributed by atoms with Crippen molar-refractivity contribution in [2.75, 3.05) is 24.5 Å². The van der Waals surface area contributed by atoms with Crippen LogP contribution in [0.25, 0.3) is 0 Å². The van der Waals surface area contributed by atoms with Gasteiger partial charge in [-0.05, 0) is 25.8 Å². The lowest BCUT2D eigenvalue weighted by Gasteiger charge is -2.23. The minimum Gasteiger partial charge on any atom is -0.355 e. The van der Waals surface area contributed by atoms with Gasteiger partial charge in [0.25, 0.3) is 0 Å². The summed E-state index contributed by atoms with van der Waals surface area (Å²) in [6.45, 7) is 10.6. The van der Waals surface area contributed by atoms with Crippen molar-refractivity contribution < 1.29 is 0 Å². The first-order chi connectivity index (χ1) is 9.81. The van der Waals surface area contributed by atoms with Gasteiger partial charge in [0.05, 0.1) is 18.1 Å². The Bertz CT molecular complexity index is 329. The van der Waals surface area contributed by atoms with Crippen molar-refractivity contribution in [2.45, 2.75) is 59.4 Å². The average Bonchev–Trinajstić information content (AvgIpc) is 2.49. The summed E-state index contributed by atoms with van der Waals surface area (Å²) in [4.78, 5) is 11.5. The van der Waals surface area contributed by atoms with Crippen molar-refractivity contribution in [2.24, 2.45) is 0 Å². The molecular weight excluding hydrogens is 248 g/mol. The molecule has 0 aromatic carbocycles. The highest BCUT2D eigenvalue weighted by molar-refractivity contribution is 5.35. The molecule has 0 aliphatic carbocycles. The van der Waals surface area contributed by atoms with Crippen LogP contribution in [0, 0.1) is 0 Å². The van der Waals surface area contributed by atoms with Gasteiger partial charge >= 0.3 is 0 Å². The number of nitrogens with one attached hydrogen (secondary N) is 1. The molecule has 0 radical (unpaired) electrons. The van der Waals surface area contributed by atoms with E-state index in [1.807, 2.05) is 12.4 Å². The minimum absolute atomic E-state index is 0.811. The predicted octanol–water partition coefficient (Wildman–Crippen LogP) is 3.38. The molecule has 1 heterocycles. The number of anilines is 1. The summed E-state index contributed by atoms with van der Waals surface area (Å²) in [6.07, 6.45) is 9.84. The highest BCUT2D eigenvalue weighted by Crippen LogP contribution is 2.11. The van der Waals surface area contributed by atoms with Crippen molar-refractivity contribution in [3.63, 3.8) is 0 Å². The fourth-order valence-corrected chi connectivity index (χ4v) is 2.03. The molecule has 1 aromatic heterocycles. The monoisotopic (exact) mass is 278 g/mol. The van der Waals surface area contributed by atoms with Crippen LogP contribution in [0.5, 0.6) is 0 Å². The molecule has 4 nitrogen and oxygen atoms in total. The van der Waals surface area contributed by atoms with Gasteiger partial charge in [0, 0.05) is 19.6 Å². The molecule has 1 aromatic rings. The van der Waals surface area contributed by atoms with Crippen molar-refractivity contribution in [3.05, 3.63) is 18.1 Å². The smallest absolute Gasteiger partial charge is 0.147 e. The van der Waals surface area contributed by atoms with Crippen LogP contribution in [0.1, 0.15) is 58.6 Å². The SMILES string of the molecule is CCCCN(CCCC)c1cnc(CNCCC)cn1. The van der Waals surface area contributed by atoms with Crippen LogP contribution in [0.3, 0.4) is 0 Å². The average molecular weight is 278 g/mol. The fraction of sp³-hybridized carbons (Fsp3) is 0.750. The summed E-state index contributed by atoms with van der Waals surface area (Å²) in [5.41, 5.74) is 1.02. The Morgan fingerprint density at radius 3 is 2.15 bits per heavy atom. The Balaban J connectivity index is 2.56.